The third-order valence-corrected chi connectivity index (χ3v) is 5.40. The molecule has 0 radical (unpaired) electrons. The summed E-state index contributed by atoms with van der Waals surface area (Å²) < 4.78 is 7.78. The quantitative estimate of drug-likeness (QED) is 0.645. The average Bonchev–Trinajstić information content (AvgIpc) is 3.07. The zero-order chi connectivity index (χ0) is 22.1. The van der Waals surface area contributed by atoms with Crippen LogP contribution in [0.25, 0.3) is 11.1 Å². The lowest BCUT2D eigenvalue weighted by molar-refractivity contribution is 0.158. The fraction of sp³-hybridized carbons (Fsp3) is 0.208. The van der Waals surface area contributed by atoms with Gasteiger partial charge in [0.25, 0.3) is 5.56 Å². The Hall–Kier alpha value is -3.87. The van der Waals surface area contributed by atoms with Gasteiger partial charge in [-0.25, -0.2) is 9.59 Å². The molecule has 7 heteroatoms. The third kappa shape index (κ3) is 3.82. The van der Waals surface area contributed by atoms with Crippen molar-refractivity contribution in [1.29, 1.82) is 0 Å². The number of hydrogen-bond donors (Lipinski definition) is 1. The van der Waals surface area contributed by atoms with Gasteiger partial charge in [0.2, 0.25) is 0 Å². The Bertz CT molecular complexity index is 1260. The number of nitrogens with zero attached hydrogens (tertiary/aromatic N) is 2. The van der Waals surface area contributed by atoms with E-state index in [4.69, 9.17) is 4.74 Å². The smallest absolute Gasteiger partial charge is 0.412 e. The molecule has 3 aromatic rings. The predicted molar refractivity (Wildman–Crippen MR) is 119 cm³/mol. The first-order valence-electron chi connectivity index (χ1n) is 9.94. The van der Waals surface area contributed by atoms with E-state index >= 15 is 0 Å². The molecule has 7 nitrogen and oxygen atoms in total. The van der Waals surface area contributed by atoms with E-state index in [1.807, 2.05) is 36.4 Å². The van der Waals surface area contributed by atoms with Crippen molar-refractivity contribution in [1.82, 2.24) is 9.13 Å². The van der Waals surface area contributed by atoms with Crippen LogP contribution in [0.1, 0.15) is 24.0 Å². The number of fused-ring (bicyclic) bond motifs is 3. The Morgan fingerprint density at radius 1 is 1.06 bits per heavy atom. The Labute approximate surface area is 179 Å². The SMILES string of the molecule is C=C(C)Cn1c(NC(=O)OCC2c3ccccc3-c3ccccc32)cc(=O)n(C)c1=O. The van der Waals surface area contributed by atoms with Crippen LogP contribution in [0, 0.1) is 0 Å². The van der Waals surface area contributed by atoms with Crippen molar-refractivity contribution in [3.8, 4) is 11.1 Å². The first-order chi connectivity index (χ1) is 14.9. The number of carbonyl (C=O) groups excluding carboxylic acids is 1. The molecular weight excluding hydrogens is 394 g/mol. The second kappa shape index (κ2) is 8.10. The van der Waals surface area contributed by atoms with Crippen molar-refractivity contribution in [2.45, 2.75) is 19.4 Å². The van der Waals surface area contributed by atoms with Crippen LogP contribution in [0.3, 0.4) is 0 Å². The van der Waals surface area contributed by atoms with Crippen molar-refractivity contribution < 1.29 is 9.53 Å². The largest absolute Gasteiger partial charge is 0.448 e. The van der Waals surface area contributed by atoms with Crippen molar-refractivity contribution in [2.75, 3.05) is 11.9 Å². The number of rotatable bonds is 5. The van der Waals surface area contributed by atoms with Crippen LogP contribution in [-0.2, 0) is 18.3 Å². The lowest BCUT2D eigenvalue weighted by Gasteiger charge is -2.17. The zero-order valence-electron chi connectivity index (χ0n) is 17.4. The normalized spacial score (nSPS) is 12.2. The van der Waals surface area contributed by atoms with Crippen LogP contribution in [0.5, 0.6) is 0 Å². The first kappa shape index (κ1) is 20.4. The molecule has 31 heavy (non-hydrogen) atoms. The maximum atomic E-state index is 12.6. The van der Waals surface area contributed by atoms with Gasteiger partial charge < -0.3 is 4.74 Å². The van der Waals surface area contributed by atoms with E-state index in [2.05, 4.69) is 24.0 Å². The lowest BCUT2D eigenvalue weighted by atomic mass is 9.98. The molecule has 1 aliphatic carbocycles. The molecule has 0 aliphatic heterocycles. The molecular formula is C24H23N3O4. The Kier molecular flexibility index (Phi) is 5.33. The van der Waals surface area contributed by atoms with E-state index < -0.39 is 17.3 Å². The van der Waals surface area contributed by atoms with Gasteiger partial charge in [-0.05, 0) is 29.2 Å². The van der Waals surface area contributed by atoms with Crippen LogP contribution in [0.2, 0.25) is 0 Å². The van der Waals surface area contributed by atoms with Crippen LogP contribution in [0.15, 0.2) is 76.3 Å². The van der Waals surface area contributed by atoms with Gasteiger partial charge in [0.05, 0.1) is 0 Å². The number of carbonyl (C=O) groups is 1. The number of amides is 1. The summed E-state index contributed by atoms with van der Waals surface area (Å²) in [5.41, 5.74) is 4.12. The zero-order valence-corrected chi connectivity index (χ0v) is 17.4. The standard InChI is InChI=1S/C24H23N3O4/c1-15(2)13-27-21(12-22(28)26(3)24(27)30)25-23(29)31-14-20-18-10-6-4-8-16(18)17-9-5-7-11-19(17)20/h4-12,20H,1,13-14H2,2-3H3,(H,25,29). The van der Waals surface area contributed by atoms with Gasteiger partial charge in [0, 0.05) is 25.6 Å². The molecule has 1 heterocycles. The predicted octanol–water partition coefficient (Wildman–Crippen LogP) is 3.48. The molecule has 0 saturated carbocycles. The number of aromatic nitrogens is 2. The number of allylic oxidation sites excluding steroid dienone is 1. The van der Waals surface area contributed by atoms with E-state index in [-0.39, 0.29) is 24.9 Å². The molecule has 0 fully saturated rings. The molecule has 0 spiro atoms. The highest BCUT2D eigenvalue weighted by Crippen LogP contribution is 2.44. The number of anilines is 1. The summed E-state index contributed by atoms with van der Waals surface area (Å²) in [5, 5.41) is 2.54. The number of hydrogen-bond acceptors (Lipinski definition) is 4. The van der Waals surface area contributed by atoms with Crippen LogP contribution in [-0.4, -0.2) is 21.8 Å². The maximum absolute atomic E-state index is 12.6. The van der Waals surface area contributed by atoms with Gasteiger partial charge in [-0.1, -0.05) is 60.7 Å². The van der Waals surface area contributed by atoms with Gasteiger partial charge in [0.1, 0.15) is 12.4 Å². The summed E-state index contributed by atoms with van der Waals surface area (Å²) in [6.45, 7) is 5.87. The van der Waals surface area contributed by atoms with Gasteiger partial charge in [-0.15, -0.1) is 0 Å². The second-order valence-corrected chi connectivity index (χ2v) is 7.70. The van der Waals surface area contributed by atoms with Crippen LogP contribution in [0.4, 0.5) is 10.6 Å². The minimum atomic E-state index is -0.731. The lowest BCUT2D eigenvalue weighted by Crippen LogP contribution is -2.39. The summed E-state index contributed by atoms with van der Waals surface area (Å²) >= 11 is 0. The summed E-state index contributed by atoms with van der Waals surface area (Å²) in [7, 11) is 1.39. The fourth-order valence-corrected chi connectivity index (χ4v) is 3.94. The third-order valence-electron chi connectivity index (χ3n) is 5.40. The highest BCUT2D eigenvalue weighted by molar-refractivity contribution is 5.84. The number of benzene rings is 2. The van der Waals surface area contributed by atoms with Crippen LogP contribution < -0.4 is 16.6 Å². The summed E-state index contributed by atoms with van der Waals surface area (Å²) in [6, 6.07) is 17.3. The highest BCUT2D eigenvalue weighted by Gasteiger charge is 2.29. The topological polar surface area (TPSA) is 82.3 Å². The Balaban J connectivity index is 1.55. The van der Waals surface area contributed by atoms with E-state index in [1.165, 1.54) is 17.7 Å². The molecule has 1 amide bonds. The molecule has 0 bridgehead atoms. The molecule has 0 unspecified atom stereocenters. The molecule has 0 saturated heterocycles. The number of nitrogens with one attached hydrogen (secondary N) is 1. The van der Waals surface area contributed by atoms with Crippen molar-refractivity contribution in [3.63, 3.8) is 0 Å². The second-order valence-electron chi connectivity index (χ2n) is 7.70. The van der Waals surface area contributed by atoms with Crippen LogP contribution >= 0.6 is 0 Å². The van der Waals surface area contributed by atoms with E-state index in [0.717, 1.165) is 26.8 Å². The summed E-state index contributed by atoms with van der Waals surface area (Å²) in [6.07, 6.45) is -0.731. The van der Waals surface area contributed by atoms with E-state index in [0.29, 0.717) is 5.57 Å². The molecule has 158 valence electrons. The van der Waals surface area contributed by atoms with Gasteiger partial charge in [0.15, 0.2) is 0 Å². The monoisotopic (exact) mass is 417 g/mol. The molecule has 1 aliphatic rings. The summed E-state index contributed by atoms with van der Waals surface area (Å²) in [5.74, 6) is -0.00673. The van der Waals surface area contributed by atoms with Gasteiger partial charge >= 0.3 is 11.8 Å². The average molecular weight is 417 g/mol. The van der Waals surface area contributed by atoms with Gasteiger partial charge in [-0.2, -0.15) is 0 Å². The maximum Gasteiger partial charge on any atom is 0.412 e. The van der Waals surface area contributed by atoms with Gasteiger partial charge in [-0.3, -0.25) is 19.2 Å². The molecule has 2 aromatic carbocycles. The van der Waals surface area contributed by atoms with Crippen molar-refractivity contribution >= 4 is 11.9 Å². The molecule has 0 atom stereocenters. The molecule has 1 aromatic heterocycles. The Morgan fingerprint density at radius 3 is 2.23 bits per heavy atom. The minimum absolute atomic E-state index is 0.0772. The van der Waals surface area contributed by atoms with E-state index in [9.17, 15) is 14.4 Å². The Morgan fingerprint density at radius 2 is 1.65 bits per heavy atom. The van der Waals surface area contributed by atoms with Crippen molar-refractivity contribution in [3.05, 3.63) is 98.7 Å². The molecule has 1 N–H and O–H groups in total. The number of ether oxygens (including phenoxy) is 1. The first-order valence-corrected chi connectivity index (χ1v) is 9.94. The minimum Gasteiger partial charge on any atom is -0.448 e. The van der Waals surface area contributed by atoms with Crippen molar-refractivity contribution in [2.24, 2.45) is 7.05 Å². The fourth-order valence-electron chi connectivity index (χ4n) is 3.94. The highest BCUT2D eigenvalue weighted by atomic mass is 16.5. The molecule has 4 rings (SSSR count). The summed E-state index contributed by atoms with van der Waals surface area (Å²) in [4.78, 5) is 37.1. The van der Waals surface area contributed by atoms with E-state index in [1.54, 1.807) is 6.92 Å².